The second-order valence-corrected chi connectivity index (χ2v) is 5.93. The highest BCUT2D eigenvalue weighted by atomic mass is 32.1. The van der Waals surface area contributed by atoms with Crippen molar-refractivity contribution in [2.75, 3.05) is 26.2 Å². The topological polar surface area (TPSA) is 15.3 Å². The molecule has 0 saturated heterocycles. The lowest BCUT2D eigenvalue weighted by molar-refractivity contribution is 0.276. The average molecular weight is 254 g/mol. The number of hydrogen-bond acceptors (Lipinski definition) is 3. The molecule has 98 valence electrons. The van der Waals surface area contributed by atoms with Gasteiger partial charge in [-0.05, 0) is 50.0 Å². The Hall–Kier alpha value is -0.380. The van der Waals surface area contributed by atoms with E-state index in [-0.39, 0.29) is 0 Å². The van der Waals surface area contributed by atoms with Crippen molar-refractivity contribution in [1.29, 1.82) is 0 Å². The van der Waals surface area contributed by atoms with Crippen LogP contribution in [0.15, 0.2) is 17.5 Å². The molecule has 0 aliphatic carbocycles. The van der Waals surface area contributed by atoms with Gasteiger partial charge in [0.15, 0.2) is 0 Å². The first-order valence-corrected chi connectivity index (χ1v) is 7.55. The van der Waals surface area contributed by atoms with Gasteiger partial charge in [-0.25, -0.2) is 0 Å². The first-order chi connectivity index (χ1) is 8.22. The molecule has 0 atom stereocenters. The second kappa shape index (κ2) is 8.67. The Balaban J connectivity index is 2.10. The van der Waals surface area contributed by atoms with Crippen molar-refractivity contribution >= 4 is 11.3 Å². The molecule has 1 rings (SSSR count). The fourth-order valence-electron chi connectivity index (χ4n) is 1.79. The molecule has 0 radical (unpaired) electrons. The molecule has 1 heterocycles. The third-order valence-corrected chi connectivity index (χ3v) is 3.65. The molecule has 2 nitrogen and oxygen atoms in total. The molecule has 0 bridgehead atoms. The Morgan fingerprint density at radius 2 is 2.24 bits per heavy atom. The van der Waals surface area contributed by atoms with Crippen LogP contribution >= 0.6 is 11.3 Å². The highest BCUT2D eigenvalue weighted by molar-refractivity contribution is 7.09. The lowest BCUT2D eigenvalue weighted by Crippen LogP contribution is -2.28. The average Bonchev–Trinajstić information content (AvgIpc) is 2.79. The van der Waals surface area contributed by atoms with E-state index in [1.54, 1.807) is 0 Å². The molecule has 1 aromatic heterocycles. The van der Waals surface area contributed by atoms with Crippen molar-refractivity contribution in [3.8, 4) is 0 Å². The van der Waals surface area contributed by atoms with Gasteiger partial charge in [0.2, 0.25) is 0 Å². The number of thiophene rings is 1. The van der Waals surface area contributed by atoms with Crippen molar-refractivity contribution in [2.45, 2.75) is 33.7 Å². The fraction of sp³-hybridized carbons (Fsp3) is 0.714. The summed E-state index contributed by atoms with van der Waals surface area (Å²) in [6, 6.07) is 4.36. The third kappa shape index (κ3) is 6.81. The van der Waals surface area contributed by atoms with Crippen LogP contribution in [0.5, 0.6) is 0 Å². The van der Waals surface area contributed by atoms with Crippen LogP contribution in [0.2, 0.25) is 0 Å². The normalized spacial score (nSPS) is 11.6. The summed E-state index contributed by atoms with van der Waals surface area (Å²) in [5, 5.41) is 5.66. The second-order valence-electron chi connectivity index (χ2n) is 4.90. The van der Waals surface area contributed by atoms with Gasteiger partial charge in [0, 0.05) is 11.4 Å². The maximum absolute atomic E-state index is 3.50. The van der Waals surface area contributed by atoms with E-state index in [1.807, 2.05) is 11.3 Å². The molecule has 1 aromatic rings. The van der Waals surface area contributed by atoms with E-state index in [2.05, 4.69) is 48.5 Å². The van der Waals surface area contributed by atoms with E-state index in [1.165, 1.54) is 17.8 Å². The van der Waals surface area contributed by atoms with Crippen LogP contribution in [-0.2, 0) is 6.54 Å². The van der Waals surface area contributed by atoms with E-state index in [0.29, 0.717) is 0 Å². The van der Waals surface area contributed by atoms with Gasteiger partial charge in [-0.3, -0.25) is 4.90 Å². The number of hydrogen-bond donors (Lipinski definition) is 1. The maximum Gasteiger partial charge on any atom is 0.0327 e. The zero-order valence-electron chi connectivity index (χ0n) is 11.4. The molecule has 0 aliphatic heterocycles. The summed E-state index contributed by atoms with van der Waals surface area (Å²) in [4.78, 5) is 3.99. The predicted octanol–water partition coefficient (Wildman–Crippen LogP) is 3.21. The van der Waals surface area contributed by atoms with Gasteiger partial charge in [-0.1, -0.05) is 26.8 Å². The predicted molar refractivity (Wildman–Crippen MR) is 77.6 cm³/mol. The van der Waals surface area contributed by atoms with Crippen LogP contribution in [0.25, 0.3) is 0 Å². The standard InChI is InChI=1S/C14H26N2S/c1-4-16(12-14-7-5-10-17-14)9-6-8-15-11-13(2)3/h5,7,10,13,15H,4,6,8-9,11-12H2,1-3H3. The number of rotatable bonds is 9. The van der Waals surface area contributed by atoms with Crippen LogP contribution in [-0.4, -0.2) is 31.1 Å². The van der Waals surface area contributed by atoms with Gasteiger partial charge in [0.1, 0.15) is 0 Å². The third-order valence-electron chi connectivity index (χ3n) is 2.79. The molecule has 1 N–H and O–H groups in total. The Morgan fingerprint density at radius 3 is 2.82 bits per heavy atom. The van der Waals surface area contributed by atoms with E-state index in [0.717, 1.165) is 32.1 Å². The molecule has 0 saturated carbocycles. The molecular weight excluding hydrogens is 228 g/mol. The Morgan fingerprint density at radius 1 is 1.41 bits per heavy atom. The van der Waals surface area contributed by atoms with E-state index < -0.39 is 0 Å². The van der Waals surface area contributed by atoms with Crippen LogP contribution in [0.4, 0.5) is 0 Å². The molecule has 0 amide bonds. The smallest absolute Gasteiger partial charge is 0.0327 e. The van der Waals surface area contributed by atoms with Gasteiger partial charge in [0.25, 0.3) is 0 Å². The summed E-state index contributed by atoms with van der Waals surface area (Å²) in [5.74, 6) is 0.753. The molecule has 0 fully saturated rings. The summed E-state index contributed by atoms with van der Waals surface area (Å²) in [5.41, 5.74) is 0. The number of nitrogens with one attached hydrogen (secondary N) is 1. The van der Waals surface area contributed by atoms with Crippen LogP contribution in [0.1, 0.15) is 32.1 Å². The van der Waals surface area contributed by atoms with Gasteiger partial charge < -0.3 is 5.32 Å². The van der Waals surface area contributed by atoms with Gasteiger partial charge in [-0.2, -0.15) is 0 Å². The summed E-state index contributed by atoms with van der Waals surface area (Å²) >= 11 is 1.86. The largest absolute Gasteiger partial charge is 0.316 e. The zero-order chi connectivity index (χ0) is 12.5. The first kappa shape index (κ1) is 14.7. The molecular formula is C14H26N2S. The monoisotopic (exact) mass is 254 g/mol. The van der Waals surface area contributed by atoms with Crippen molar-refractivity contribution < 1.29 is 0 Å². The molecule has 3 heteroatoms. The van der Waals surface area contributed by atoms with Crippen LogP contribution in [0.3, 0.4) is 0 Å². The highest BCUT2D eigenvalue weighted by Crippen LogP contribution is 2.11. The minimum atomic E-state index is 0.753. The summed E-state index contributed by atoms with van der Waals surface area (Å²) < 4.78 is 0. The van der Waals surface area contributed by atoms with Crippen molar-refractivity contribution in [3.05, 3.63) is 22.4 Å². The Kier molecular flexibility index (Phi) is 7.49. The molecule has 0 aliphatic rings. The van der Waals surface area contributed by atoms with E-state index in [4.69, 9.17) is 0 Å². The summed E-state index contributed by atoms with van der Waals surface area (Å²) in [6.45, 7) is 12.5. The minimum Gasteiger partial charge on any atom is -0.316 e. The van der Waals surface area contributed by atoms with Crippen molar-refractivity contribution in [2.24, 2.45) is 5.92 Å². The summed E-state index contributed by atoms with van der Waals surface area (Å²) in [6.07, 6.45) is 1.24. The lowest BCUT2D eigenvalue weighted by Gasteiger charge is -2.19. The van der Waals surface area contributed by atoms with Gasteiger partial charge in [0.05, 0.1) is 0 Å². The van der Waals surface area contributed by atoms with E-state index >= 15 is 0 Å². The van der Waals surface area contributed by atoms with Crippen molar-refractivity contribution in [1.82, 2.24) is 10.2 Å². The maximum atomic E-state index is 3.50. The molecule has 0 spiro atoms. The first-order valence-electron chi connectivity index (χ1n) is 6.67. The Bertz CT molecular complexity index is 270. The van der Waals surface area contributed by atoms with E-state index in [9.17, 15) is 0 Å². The Labute approximate surface area is 110 Å². The molecule has 17 heavy (non-hydrogen) atoms. The molecule has 0 unspecified atom stereocenters. The lowest BCUT2D eigenvalue weighted by atomic mass is 10.2. The van der Waals surface area contributed by atoms with Gasteiger partial charge in [-0.15, -0.1) is 11.3 Å². The zero-order valence-corrected chi connectivity index (χ0v) is 12.2. The van der Waals surface area contributed by atoms with Crippen molar-refractivity contribution in [3.63, 3.8) is 0 Å². The SMILES string of the molecule is CCN(CCCNCC(C)C)Cc1cccs1. The van der Waals surface area contributed by atoms with Crippen LogP contribution in [0, 0.1) is 5.92 Å². The fourth-order valence-corrected chi connectivity index (χ4v) is 2.54. The number of nitrogens with zero attached hydrogens (tertiary/aromatic N) is 1. The van der Waals surface area contributed by atoms with Crippen LogP contribution < -0.4 is 5.32 Å². The molecule has 0 aromatic carbocycles. The summed E-state index contributed by atoms with van der Waals surface area (Å²) in [7, 11) is 0. The van der Waals surface area contributed by atoms with Gasteiger partial charge >= 0.3 is 0 Å². The quantitative estimate of drug-likeness (QED) is 0.681. The minimum absolute atomic E-state index is 0.753. The highest BCUT2D eigenvalue weighted by Gasteiger charge is 2.03.